The number of nitrogens with zero attached hydrogens (tertiary/aromatic N) is 2. The summed E-state index contributed by atoms with van der Waals surface area (Å²) in [5.74, 6) is 1.65. The lowest BCUT2D eigenvalue weighted by Gasteiger charge is -2.30. The van der Waals surface area contributed by atoms with E-state index in [1.165, 1.54) is 0 Å². The molecule has 0 saturated heterocycles. The number of hydrogen-bond acceptors (Lipinski definition) is 3. The Hall–Kier alpha value is -0.870. The predicted molar refractivity (Wildman–Crippen MR) is 83.9 cm³/mol. The predicted octanol–water partition coefficient (Wildman–Crippen LogP) is 2.87. The molecule has 0 fully saturated rings. The number of aromatic nitrogens is 2. The monoisotopic (exact) mass is 281 g/mol. The Morgan fingerprint density at radius 2 is 2.05 bits per heavy atom. The molecule has 0 aromatic carbocycles. The van der Waals surface area contributed by atoms with Gasteiger partial charge < -0.3 is 14.6 Å². The molecule has 0 aliphatic heterocycles. The summed E-state index contributed by atoms with van der Waals surface area (Å²) >= 11 is 0. The highest BCUT2D eigenvalue weighted by molar-refractivity contribution is 4.98. The van der Waals surface area contributed by atoms with E-state index in [4.69, 9.17) is 4.74 Å². The highest BCUT2D eigenvalue weighted by Crippen LogP contribution is 2.15. The minimum atomic E-state index is 0.228. The molecule has 4 nitrogen and oxygen atoms in total. The summed E-state index contributed by atoms with van der Waals surface area (Å²) in [5, 5.41) is 3.58. The van der Waals surface area contributed by atoms with Crippen LogP contribution in [0.3, 0.4) is 0 Å². The molecule has 1 heterocycles. The summed E-state index contributed by atoms with van der Waals surface area (Å²) in [6, 6.07) is 0.318. The van der Waals surface area contributed by atoms with E-state index in [1.807, 2.05) is 6.20 Å². The second-order valence-electron chi connectivity index (χ2n) is 5.57. The van der Waals surface area contributed by atoms with Gasteiger partial charge in [-0.05, 0) is 25.8 Å². The van der Waals surface area contributed by atoms with Gasteiger partial charge in [0.15, 0.2) is 0 Å². The van der Waals surface area contributed by atoms with Crippen LogP contribution in [0.15, 0.2) is 12.4 Å². The Morgan fingerprint density at radius 3 is 2.60 bits per heavy atom. The standard InChI is InChI=1S/C16H31N3O/c1-6-10-19-11-9-18-15(19)12-14(17-7-2)16(13(4)5)20-8-3/h9,11,13-14,16-17H,6-8,10,12H2,1-5H3. The van der Waals surface area contributed by atoms with Gasteiger partial charge in [0.1, 0.15) is 5.82 Å². The fourth-order valence-corrected chi connectivity index (χ4v) is 2.70. The molecule has 1 aromatic rings. The summed E-state index contributed by atoms with van der Waals surface area (Å²) in [7, 11) is 0. The van der Waals surface area contributed by atoms with E-state index in [1.54, 1.807) is 0 Å². The third-order valence-electron chi connectivity index (χ3n) is 3.55. The fraction of sp³-hybridized carbons (Fsp3) is 0.812. The third-order valence-corrected chi connectivity index (χ3v) is 3.55. The normalized spacial score (nSPS) is 14.7. The molecule has 1 N–H and O–H groups in total. The SMILES string of the molecule is CCCn1ccnc1CC(NCC)C(OCC)C(C)C. The zero-order chi connectivity index (χ0) is 15.0. The Kier molecular flexibility index (Phi) is 7.85. The number of rotatable bonds is 10. The molecule has 116 valence electrons. The molecule has 0 bridgehead atoms. The number of aryl methyl sites for hydroxylation is 1. The Labute approximate surface area is 123 Å². The third kappa shape index (κ3) is 4.91. The average molecular weight is 281 g/mol. The van der Waals surface area contributed by atoms with Gasteiger partial charge in [-0.25, -0.2) is 4.98 Å². The van der Waals surface area contributed by atoms with Crippen LogP contribution in [0.4, 0.5) is 0 Å². The first kappa shape index (κ1) is 17.2. The first-order chi connectivity index (χ1) is 9.63. The van der Waals surface area contributed by atoms with Crippen molar-refractivity contribution in [3.05, 3.63) is 18.2 Å². The summed E-state index contributed by atoms with van der Waals surface area (Å²) in [4.78, 5) is 4.53. The quantitative estimate of drug-likeness (QED) is 0.717. The number of imidazole rings is 1. The fourth-order valence-electron chi connectivity index (χ4n) is 2.70. The van der Waals surface area contributed by atoms with Crippen LogP contribution >= 0.6 is 0 Å². The van der Waals surface area contributed by atoms with Crippen LogP contribution < -0.4 is 5.32 Å². The van der Waals surface area contributed by atoms with Crippen molar-refractivity contribution in [1.29, 1.82) is 0 Å². The van der Waals surface area contributed by atoms with Crippen molar-refractivity contribution in [3.63, 3.8) is 0 Å². The summed E-state index contributed by atoms with van der Waals surface area (Å²) in [6.07, 6.45) is 6.26. The molecule has 0 aliphatic rings. The molecule has 0 spiro atoms. The van der Waals surface area contributed by atoms with E-state index in [0.29, 0.717) is 12.0 Å². The summed E-state index contributed by atoms with van der Waals surface area (Å²) < 4.78 is 8.22. The molecule has 2 atom stereocenters. The Balaban J connectivity index is 2.81. The number of ether oxygens (including phenoxy) is 1. The first-order valence-corrected chi connectivity index (χ1v) is 7.98. The summed E-state index contributed by atoms with van der Waals surface area (Å²) in [6.45, 7) is 13.6. The van der Waals surface area contributed by atoms with Crippen LogP contribution in [0, 0.1) is 5.92 Å². The summed E-state index contributed by atoms with van der Waals surface area (Å²) in [5.41, 5.74) is 0. The lowest BCUT2D eigenvalue weighted by Crippen LogP contribution is -2.46. The second kappa shape index (κ2) is 9.14. The molecule has 4 heteroatoms. The zero-order valence-electron chi connectivity index (χ0n) is 13.7. The van der Waals surface area contributed by atoms with Gasteiger partial charge in [0, 0.05) is 38.0 Å². The molecule has 0 saturated carbocycles. The van der Waals surface area contributed by atoms with E-state index in [2.05, 4.69) is 55.7 Å². The van der Waals surface area contributed by atoms with Crippen molar-refractivity contribution >= 4 is 0 Å². The number of likely N-dealkylation sites (N-methyl/N-ethyl adjacent to an activating group) is 1. The zero-order valence-corrected chi connectivity index (χ0v) is 13.7. The lowest BCUT2D eigenvalue weighted by atomic mass is 9.96. The smallest absolute Gasteiger partial charge is 0.110 e. The first-order valence-electron chi connectivity index (χ1n) is 7.98. The van der Waals surface area contributed by atoms with Gasteiger partial charge in [0.2, 0.25) is 0 Å². The number of hydrogen-bond donors (Lipinski definition) is 1. The van der Waals surface area contributed by atoms with Crippen molar-refractivity contribution < 1.29 is 4.74 Å². The minimum absolute atomic E-state index is 0.228. The van der Waals surface area contributed by atoms with Gasteiger partial charge in [0.05, 0.1) is 6.10 Å². The maximum absolute atomic E-state index is 5.97. The van der Waals surface area contributed by atoms with E-state index < -0.39 is 0 Å². The molecule has 1 rings (SSSR count). The maximum atomic E-state index is 5.97. The van der Waals surface area contributed by atoms with E-state index in [-0.39, 0.29) is 6.10 Å². The van der Waals surface area contributed by atoms with Gasteiger partial charge in [0.25, 0.3) is 0 Å². The molecular weight excluding hydrogens is 250 g/mol. The van der Waals surface area contributed by atoms with Gasteiger partial charge >= 0.3 is 0 Å². The van der Waals surface area contributed by atoms with E-state index >= 15 is 0 Å². The lowest BCUT2D eigenvalue weighted by molar-refractivity contribution is 0.00334. The van der Waals surface area contributed by atoms with Crippen LogP contribution in [0.5, 0.6) is 0 Å². The van der Waals surface area contributed by atoms with Crippen molar-refractivity contribution in [2.24, 2.45) is 5.92 Å². The molecule has 0 aliphatic carbocycles. The van der Waals surface area contributed by atoms with Gasteiger partial charge in [-0.15, -0.1) is 0 Å². The maximum Gasteiger partial charge on any atom is 0.110 e. The van der Waals surface area contributed by atoms with Crippen molar-refractivity contribution in [2.45, 2.75) is 66.2 Å². The van der Waals surface area contributed by atoms with Crippen LogP contribution in [0.25, 0.3) is 0 Å². The van der Waals surface area contributed by atoms with Crippen molar-refractivity contribution in [3.8, 4) is 0 Å². The topological polar surface area (TPSA) is 39.1 Å². The molecule has 2 unspecified atom stereocenters. The molecule has 0 radical (unpaired) electrons. The van der Waals surface area contributed by atoms with E-state index in [9.17, 15) is 0 Å². The van der Waals surface area contributed by atoms with E-state index in [0.717, 1.165) is 38.4 Å². The largest absolute Gasteiger partial charge is 0.377 e. The highest BCUT2D eigenvalue weighted by atomic mass is 16.5. The molecule has 20 heavy (non-hydrogen) atoms. The highest BCUT2D eigenvalue weighted by Gasteiger charge is 2.25. The van der Waals surface area contributed by atoms with Gasteiger partial charge in [-0.3, -0.25) is 0 Å². The van der Waals surface area contributed by atoms with Gasteiger partial charge in [-0.1, -0.05) is 27.7 Å². The molecule has 0 amide bonds. The average Bonchev–Trinajstić information content (AvgIpc) is 2.83. The Morgan fingerprint density at radius 1 is 1.30 bits per heavy atom. The molecular formula is C16H31N3O. The second-order valence-corrected chi connectivity index (χ2v) is 5.57. The van der Waals surface area contributed by atoms with Crippen LogP contribution in [-0.2, 0) is 17.7 Å². The number of nitrogens with one attached hydrogen (secondary N) is 1. The Bertz CT molecular complexity index is 362. The van der Waals surface area contributed by atoms with Crippen LogP contribution in [-0.4, -0.2) is 34.8 Å². The molecule has 1 aromatic heterocycles. The van der Waals surface area contributed by atoms with Crippen molar-refractivity contribution in [1.82, 2.24) is 14.9 Å². The van der Waals surface area contributed by atoms with Gasteiger partial charge in [-0.2, -0.15) is 0 Å². The minimum Gasteiger partial charge on any atom is -0.377 e. The van der Waals surface area contributed by atoms with Crippen molar-refractivity contribution in [2.75, 3.05) is 13.2 Å². The van der Waals surface area contributed by atoms with Crippen LogP contribution in [0.2, 0.25) is 0 Å². The van der Waals surface area contributed by atoms with Crippen LogP contribution in [0.1, 0.15) is 46.9 Å².